The van der Waals surface area contributed by atoms with Gasteiger partial charge in [0.05, 0.1) is 19.2 Å². The summed E-state index contributed by atoms with van der Waals surface area (Å²) < 4.78 is 5.77. The van der Waals surface area contributed by atoms with E-state index in [4.69, 9.17) is 4.74 Å². The molecule has 2 aromatic heterocycles. The van der Waals surface area contributed by atoms with Gasteiger partial charge in [-0.2, -0.15) is 0 Å². The first kappa shape index (κ1) is 23.3. The van der Waals surface area contributed by atoms with E-state index < -0.39 is 23.7 Å². The number of aryl methyl sites for hydroxylation is 1. The second kappa shape index (κ2) is 9.95. The van der Waals surface area contributed by atoms with Crippen molar-refractivity contribution in [1.82, 2.24) is 9.88 Å². The van der Waals surface area contributed by atoms with Gasteiger partial charge in [0, 0.05) is 29.6 Å². The van der Waals surface area contributed by atoms with E-state index in [2.05, 4.69) is 23.8 Å². The molecule has 1 saturated heterocycles. The average molecular weight is 459 g/mol. The molecule has 1 aliphatic rings. The largest absolute Gasteiger partial charge is 0.493 e. The number of pyridine rings is 2. The molecule has 174 valence electrons. The minimum atomic E-state index is -1.14. The SMILES string of the molecule is Cc1cc(OCC(C)C)ccc1C(=O)C1C(=O)C(=O)N(Cc2ccc[nH+]c2)C1c1ccncc1. The van der Waals surface area contributed by atoms with E-state index in [0.29, 0.717) is 35.0 Å². The van der Waals surface area contributed by atoms with Crippen molar-refractivity contribution in [3.63, 3.8) is 0 Å². The van der Waals surface area contributed by atoms with Gasteiger partial charge in [-0.05, 0) is 60.4 Å². The number of aromatic amines is 1. The molecule has 2 atom stereocenters. The van der Waals surface area contributed by atoms with Gasteiger partial charge < -0.3 is 9.64 Å². The first-order valence-corrected chi connectivity index (χ1v) is 11.3. The Morgan fingerprint density at radius 3 is 2.56 bits per heavy atom. The molecule has 3 aromatic rings. The standard InChI is InChI=1S/C27H27N3O4/c1-17(2)16-34-21-6-7-22(18(3)13-21)25(31)23-24(20-8-11-28-12-9-20)30(27(33)26(23)32)15-19-5-4-10-29-14-19/h4-14,17,23-24H,15-16H2,1-3H3/p+1. The number of hydrogen-bond acceptors (Lipinski definition) is 5. The van der Waals surface area contributed by atoms with Crippen LogP contribution in [0.2, 0.25) is 0 Å². The molecular weight excluding hydrogens is 430 g/mol. The maximum Gasteiger partial charge on any atom is 0.291 e. The lowest BCUT2D eigenvalue weighted by molar-refractivity contribution is -0.378. The van der Waals surface area contributed by atoms with Gasteiger partial charge in [0.25, 0.3) is 5.91 Å². The number of carbonyl (C=O) groups excluding carboxylic acids is 3. The van der Waals surface area contributed by atoms with Crippen LogP contribution in [-0.2, 0) is 16.1 Å². The first-order valence-electron chi connectivity index (χ1n) is 11.3. The number of nitrogens with one attached hydrogen (secondary N) is 1. The lowest BCUT2D eigenvalue weighted by atomic mass is 9.85. The number of carbonyl (C=O) groups is 3. The van der Waals surface area contributed by atoms with Gasteiger partial charge in [-0.3, -0.25) is 19.4 Å². The van der Waals surface area contributed by atoms with E-state index in [1.54, 1.807) is 55.1 Å². The lowest BCUT2D eigenvalue weighted by Gasteiger charge is -2.27. The number of likely N-dealkylation sites (tertiary alicyclic amines) is 1. The average Bonchev–Trinajstić information content (AvgIpc) is 3.08. The minimum absolute atomic E-state index is 0.208. The van der Waals surface area contributed by atoms with Crippen molar-refractivity contribution in [2.24, 2.45) is 11.8 Å². The summed E-state index contributed by atoms with van der Waals surface area (Å²) in [5, 5.41) is 0. The second-order valence-electron chi connectivity index (χ2n) is 8.96. The highest BCUT2D eigenvalue weighted by molar-refractivity contribution is 6.44. The molecule has 0 aliphatic carbocycles. The Bertz CT molecular complexity index is 1200. The number of ether oxygens (including phenoxy) is 1. The zero-order chi connectivity index (χ0) is 24.2. The van der Waals surface area contributed by atoms with Crippen LogP contribution >= 0.6 is 0 Å². The van der Waals surface area contributed by atoms with Crippen LogP contribution in [0.4, 0.5) is 0 Å². The third kappa shape index (κ3) is 4.73. The van der Waals surface area contributed by atoms with Crippen molar-refractivity contribution in [2.45, 2.75) is 33.4 Å². The maximum absolute atomic E-state index is 13.7. The molecule has 7 nitrogen and oxygen atoms in total. The molecule has 0 spiro atoms. The normalized spacial score (nSPS) is 17.9. The number of aromatic nitrogens is 2. The molecule has 0 radical (unpaired) electrons. The van der Waals surface area contributed by atoms with Gasteiger partial charge in [-0.25, -0.2) is 4.98 Å². The van der Waals surface area contributed by atoms with E-state index in [1.165, 1.54) is 4.90 Å². The van der Waals surface area contributed by atoms with Crippen LogP contribution in [0.1, 0.15) is 46.9 Å². The Morgan fingerprint density at radius 1 is 1.15 bits per heavy atom. The Labute approximate surface area is 198 Å². The summed E-state index contributed by atoms with van der Waals surface area (Å²) in [4.78, 5) is 48.6. The van der Waals surface area contributed by atoms with Crippen molar-refractivity contribution in [3.8, 4) is 5.75 Å². The summed E-state index contributed by atoms with van der Waals surface area (Å²) in [6.45, 7) is 6.71. The Kier molecular flexibility index (Phi) is 6.82. The van der Waals surface area contributed by atoms with Gasteiger partial charge in [-0.1, -0.05) is 13.8 Å². The third-order valence-corrected chi connectivity index (χ3v) is 5.91. The monoisotopic (exact) mass is 458 g/mol. The number of ketones is 2. The number of nitrogens with zero attached hydrogens (tertiary/aromatic N) is 2. The van der Waals surface area contributed by atoms with Crippen LogP contribution in [0.3, 0.4) is 0 Å². The topological polar surface area (TPSA) is 90.7 Å². The summed E-state index contributed by atoms with van der Waals surface area (Å²) in [5.41, 5.74) is 2.65. The van der Waals surface area contributed by atoms with Crippen molar-refractivity contribution in [2.75, 3.05) is 6.61 Å². The van der Waals surface area contributed by atoms with Crippen molar-refractivity contribution < 1.29 is 24.1 Å². The van der Waals surface area contributed by atoms with Crippen molar-refractivity contribution >= 4 is 17.5 Å². The zero-order valence-corrected chi connectivity index (χ0v) is 19.5. The highest BCUT2D eigenvalue weighted by atomic mass is 16.5. The lowest BCUT2D eigenvalue weighted by Crippen LogP contribution is -2.30. The predicted molar refractivity (Wildman–Crippen MR) is 125 cm³/mol. The summed E-state index contributed by atoms with van der Waals surface area (Å²) in [6, 6.07) is 11.7. The summed E-state index contributed by atoms with van der Waals surface area (Å²) in [7, 11) is 0. The van der Waals surface area contributed by atoms with Gasteiger partial charge in [0.15, 0.2) is 18.2 Å². The van der Waals surface area contributed by atoms with Crippen LogP contribution in [-0.4, -0.2) is 34.0 Å². The van der Waals surface area contributed by atoms with Gasteiger partial charge in [-0.15, -0.1) is 0 Å². The summed E-state index contributed by atoms with van der Waals surface area (Å²) in [6.07, 6.45) is 6.75. The molecule has 1 N–H and O–H groups in total. The predicted octanol–water partition coefficient (Wildman–Crippen LogP) is 3.39. The number of hydrogen-bond donors (Lipinski definition) is 0. The van der Waals surface area contributed by atoms with Gasteiger partial charge >= 0.3 is 0 Å². The van der Waals surface area contributed by atoms with E-state index in [0.717, 1.165) is 5.56 Å². The Morgan fingerprint density at radius 2 is 1.91 bits per heavy atom. The fourth-order valence-corrected chi connectivity index (χ4v) is 4.25. The van der Waals surface area contributed by atoms with Crippen LogP contribution < -0.4 is 9.72 Å². The van der Waals surface area contributed by atoms with E-state index in [9.17, 15) is 14.4 Å². The van der Waals surface area contributed by atoms with E-state index in [1.807, 2.05) is 19.1 Å². The smallest absolute Gasteiger partial charge is 0.291 e. The molecule has 0 saturated carbocycles. The Balaban J connectivity index is 1.69. The number of amides is 1. The summed E-state index contributed by atoms with van der Waals surface area (Å²) >= 11 is 0. The molecule has 4 rings (SSSR count). The third-order valence-electron chi connectivity index (χ3n) is 5.91. The molecule has 34 heavy (non-hydrogen) atoms. The van der Waals surface area contributed by atoms with Crippen LogP contribution in [0, 0.1) is 18.8 Å². The van der Waals surface area contributed by atoms with Crippen molar-refractivity contribution in [1.29, 1.82) is 0 Å². The molecule has 7 heteroatoms. The number of benzene rings is 1. The number of Topliss-reactive ketones (excluding diaryl/α,β-unsaturated/α-hetero) is 2. The molecule has 2 unspecified atom stereocenters. The number of H-pyrrole nitrogens is 1. The van der Waals surface area contributed by atoms with Gasteiger partial charge in [0.1, 0.15) is 11.7 Å². The van der Waals surface area contributed by atoms with E-state index >= 15 is 0 Å². The molecular formula is C27H28N3O4+. The molecule has 1 aliphatic heterocycles. The number of rotatable bonds is 8. The highest BCUT2D eigenvalue weighted by Gasteiger charge is 2.51. The quantitative estimate of drug-likeness (QED) is 0.293. The van der Waals surface area contributed by atoms with Crippen LogP contribution in [0.15, 0.2) is 67.3 Å². The van der Waals surface area contributed by atoms with E-state index in [-0.39, 0.29) is 12.3 Å². The van der Waals surface area contributed by atoms with Crippen LogP contribution in [0.25, 0.3) is 0 Å². The maximum atomic E-state index is 13.7. The Hall–Kier alpha value is -3.87. The fraction of sp³-hybridized carbons (Fsp3) is 0.296. The second-order valence-corrected chi connectivity index (χ2v) is 8.96. The highest BCUT2D eigenvalue weighted by Crippen LogP contribution is 2.39. The molecule has 1 aromatic carbocycles. The van der Waals surface area contributed by atoms with Crippen LogP contribution in [0.5, 0.6) is 5.75 Å². The fourth-order valence-electron chi connectivity index (χ4n) is 4.25. The zero-order valence-electron chi connectivity index (χ0n) is 19.5. The first-order chi connectivity index (χ1) is 16.4. The molecule has 3 heterocycles. The molecule has 1 amide bonds. The summed E-state index contributed by atoms with van der Waals surface area (Å²) in [5.74, 6) is -1.80. The molecule has 0 bridgehead atoms. The minimum Gasteiger partial charge on any atom is -0.493 e. The molecule has 1 fully saturated rings. The van der Waals surface area contributed by atoms with Crippen molar-refractivity contribution in [3.05, 3.63) is 89.5 Å². The van der Waals surface area contributed by atoms with Gasteiger partial charge in [0.2, 0.25) is 5.78 Å².